The fourth-order valence-electron chi connectivity index (χ4n) is 2.51. The summed E-state index contributed by atoms with van der Waals surface area (Å²) in [5, 5.41) is 9.48. The number of carbonyl (C=O) groups is 1. The van der Waals surface area contributed by atoms with Crippen LogP contribution in [0.2, 0.25) is 25.1 Å². The van der Waals surface area contributed by atoms with Gasteiger partial charge in [-0.25, -0.2) is 4.79 Å². The summed E-state index contributed by atoms with van der Waals surface area (Å²) < 4.78 is 0. The molecule has 33 heavy (non-hydrogen) atoms. The van der Waals surface area contributed by atoms with Crippen LogP contribution in [0.25, 0.3) is 0 Å². The van der Waals surface area contributed by atoms with E-state index in [1.807, 2.05) is 0 Å². The van der Waals surface area contributed by atoms with Crippen molar-refractivity contribution in [3.8, 4) is 0 Å². The maximum Gasteiger partial charge on any atom is 0.351 e. The molecule has 2 amide bonds. The number of benzene rings is 3. The second-order valence-electron chi connectivity index (χ2n) is 6.43. The van der Waals surface area contributed by atoms with Crippen LogP contribution < -0.4 is 5.32 Å². The first kappa shape index (κ1) is 25.4. The molecule has 6 nitrogen and oxygen atoms in total. The van der Waals surface area contributed by atoms with Crippen molar-refractivity contribution in [2.45, 2.75) is 13.2 Å². The van der Waals surface area contributed by atoms with Gasteiger partial charge in [0.1, 0.15) is 13.2 Å². The molecule has 3 aromatic carbocycles. The fraction of sp³-hybridized carbons (Fsp3) is 0.0909. The van der Waals surface area contributed by atoms with Gasteiger partial charge in [-0.3, -0.25) is 4.84 Å². The van der Waals surface area contributed by atoms with Gasteiger partial charge in [0.25, 0.3) is 0 Å². The minimum Gasteiger partial charge on any atom is -0.390 e. The smallest absolute Gasteiger partial charge is 0.351 e. The highest BCUT2D eigenvalue weighted by atomic mass is 35.5. The van der Waals surface area contributed by atoms with Crippen molar-refractivity contribution in [1.82, 2.24) is 5.06 Å². The van der Waals surface area contributed by atoms with Crippen LogP contribution in [0.15, 0.2) is 65.8 Å². The molecule has 0 aliphatic rings. The zero-order valence-electron chi connectivity index (χ0n) is 16.8. The van der Waals surface area contributed by atoms with E-state index in [1.165, 1.54) is 0 Å². The van der Waals surface area contributed by atoms with Gasteiger partial charge in [0.2, 0.25) is 0 Å². The first-order chi connectivity index (χ1) is 15.8. The summed E-state index contributed by atoms with van der Waals surface area (Å²) in [5.74, 6) is 0. The third kappa shape index (κ3) is 7.40. The number of anilines is 1. The van der Waals surface area contributed by atoms with Crippen LogP contribution in [0.4, 0.5) is 10.5 Å². The van der Waals surface area contributed by atoms with Gasteiger partial charge >= 0.3 is 6.03 Å². The van der Waals surface area contributed by atoms with E-state index in [9.17, 15) is 4.79 Å². The second kappa shape index (κ2) is 12.3. The number of hydrogen-bond acceptors (Lipinski definition) is 4. The van der Waals surface area contributed by atoms with E-state index in [1.54, 1.807) is 60.7 Å². The van der Waals surface area contributed by atoms with E-state index < -0.39 is 6.03 Å². The fourth-order valence-corrected chi connectivity index (χ4v) is 3.65. The van der Waals surface area contributed by atoms with Crippen LogP contribution in [0.5, 0.6) is 0 Å². The number of halogens is 5. The topological polar surface area (TPSA) is 63.2 Å². The molecule has 0 bridgehead atoms. The zero-order chi connectivity index (χ0) is 23.8. The van der Waals surface area contributed by atoms with E-state index >= 15 is 0 Å². The molecule has 0 aromatic heterocycles. The molecule has 0 unspecified atom stereocenters. The Morgan fingerprint density at radius 1 is 0.818 bits per heavy atom. The Bertz CT molecular complexity index is 1100. The Hall–Kier alpha value is -2.19. The average Bonchev–Trinajstić information content (AvgIpc) is 2.78. The van der Waals surface area contributed by atoms with Gasteiger partial charge in [0, 0.05) is 41.9 Å². The number of nitrogens with zero attached hydrogens (tertiary/aromatic N) is 2. The third-order valence-electron chi connectivity index (χ3n) is 4.20. The molecular weight excluding hydrogens is 532 g/mol. The predicted octanol–water partition coefficient (Wildman–Crippen LogP) is 8.08. The zero-order valence-corrected chi connectivity index (χ0v) is 20.6. The van der Waals surface area contributed by atoms with Gasteiger partial charge in [0.15, 0.2) is 6.34 Å². The second-order valence-corrected chi connectivity index (χ2v) is 8.50. The lowest BCUT2D eigenvalue weighted by atomic mass is 10.2. The summed E-state index contributed by atoms with van der Waals surface area (Å²) in [6, 6.07) is 16.0. The summed E-state index contributed by atoms with van der Waals surface area (Å²) in [7, 11) is 0. The highest BCUT2D eigenvalue weighted by molar-refractivity contribution is 6.36. The third-order valence-corrected chi connectivity index (χ3v) is 5.87. The SMILES string of the molecule is O=C(Nc1ccc(Cl)cc1)N(/C=N\OCc1c(Cl)cccc1Cl)OCc1c(Cl)cccc1Cl. The molecule has 0 spiro atoms. The quantitative estimate of drug-likeness (QED) is 0.176. The van der Waals surface area contributed by atoms with E-state index in [0.717, 1.165) is 11.4 Å². The number of hydrogen-bond donors (Lipinski definition) is 1. The molecule has 0 fully saturated rings. The van der Waals surface area contributed by atoms with E-state index in [0.29, 0.717) is 41.9 Å². The van der Waals surface area contributed by atoms with Gasteiger partial charge in [-0.1, -0.05) is 75.3 Å². The van der Waals surface area contributed by atoms with Crippen molar-refractivity contribution in [3.63, 3.8) is 0 Å². The Kier molecular flexibility index (Phi) is 9.50. The van der Waals surface area contributed by atoms with Crippen LogP contribution in [0, 0.1) is 0 Å². The van der Waals surface area contributed by atoms with Gasteiger partial charge in [-0.2, -0.15) is 5.06 Å². The maximum absolute atomic E-state index is 12.8. The number of nitrogens with one attached hydrogen (secondary N) is 1. The average molecular weight is 548 g/mol. The summed E-state index contributed by atoms with van der Waals surface area (Å²) in [6.07, 6.45) is 1.06. The van der Waals surface area contributed by atoms with Crippen molar-refractivity contribution in [2.24, 2.45) is 5.16 Å². The lowest BCUT2D eigenvalue weighted by molar-refractivity contribution is -0.0676. The molecule has 0 aliphatic carbocycles. The van der Waals surface area contributed by atoms with Gasteiger partial charge in [-0.05, 0) is 48.5 Å². The Morgan fingerprint density at radius 3 is 1.88 bits per heavy atom. The number of amides is 2. The van der Waals surface area contributed by atoms with Crippen LogP contribution >= 0.6 is 58.0 Å². The van der Waals surface area contributed by atoms with Crippen molar-refractivity contribution in [2.75, 3.05) is 5.32 Å². The van der Waals surface area contributed by atoms with E-state index in [-0.39, 0.29) is 13.2 Å². The van der Waals surface area contributed by atoms with Crippen molar-refractivity contribution < 1.29 is 14.5 Å². The van der Waals surface area contributed by atoms with Crippen molar-refractivity contribution >= 4 is 76.1 Å². The monoisotopic (exact) mass is 545 g/mol. The van der Waals surface area contributed by atoms with Crippen LogP contribution in [-0.4, -0.2) is 17.4 Å². The molecule has 0 saturated carbocycles. The van der Waals surface area contributed by atoms with Crippen LogP contribution in [0.1, 0.15) is 11.1 Å². The van der Waals surface area contributed by atoms with Gasteiger partial charge in [-0.15, -0.1) is 0 Å². The summed E-state index contributed by atoms with van der Waals surface area (Å²) in [6.45, 7) is -0.118. The van der Waals surface area contributed by atoms with E-state index in [4.69, 9.17) is 67.7 Å². The Balaban J connectivity index is 1.71. The summed E-state index contributed by atoms with van der Waals surface area (Å²) >= 11 is 30.5. The molecular formula is C22H16Cl5N3O3. The number of urea groups is 1. The van der Waals surface area contributed by atoms with E-state index in [2.05, 4.69) is 10.5 Å². The molecule has 0 aliphatic heterocycles. The molecule has 1 N–H and O–H groups in total. The lowest BCUT2D eigenvalue weighted by Crippen LogP contribution is -2.34. The van der Waals surface area contributed by atoms with Crippen molar-refractivity contribution in [3.05, 3.63) is 96.9 Å². The van der Waals surface area contributed by atoms with Gasteiger partial charge in [0.05, 0.1) is 0 Å². The Morgan fingerprint density at radius 2 is 1.33 bits per heavy atom. The first-order valence-electron chi connectivity index (χ1n) is 9.35. The number of rotatable bonds is 8. The van der Waals surface area contributed by atoms with Crippen LogP contribution in [0.3, 0.4) is 0 Å². The standard InChI is InChI=1S/C22H16Cl5N3O3/c23-14-7-9-15(10-8-14)29-22(31)30(33-12-17-20(26)5-2-6-21(17)27)13-28-32-11-16-18(24)3-1-4-19(16)25/h1-10,13H,11-12H2,(H,29,31)/b28-13-. The number of hydroxylamine groups is 2. The number of carbonyl (C=O) groups excluding carboxylic acids is 1. The maximum atomic E-state index is 12.8. The summed E-state index contributed by atoms with van der Waals surface area (Å²) in [4.78, 5) is 23.6. The lowest BCUT2D eigenvalue weighted by Gasteiger charge is -2.18. The first-order valence-corrected chi connectivity index (χ1v) is 11.2. The van der Waals surface area contributed by atoms with Gasteiger partial charge < -0.3 is 10.2 Å². The normalized spacial score (nSPS) is 10.9. The minimum atomic E-state index is -0.649. The van der Waals surface area contributed by atoms with Crippen LogP contribution in [-0.2, 0) is 22.9 Å². The molecule has 172 valence electrons. The molecule has 0 radical (unpaired) electrons. The highest BCUT2D eigenvalue weighted by Crippen LogP contribution is 2.26. The molecule has 0 heterocycles. The molecule has 3 rings (SSSR count). The largest absolute Gasteiger partial charge is 0.390 e. The predicted molar refractivity (Wildman–Crippen MR) is 133 cm³/mol. The molecule has 0 saturated heterocycles. The molecule has 0 atom stereocenters. The minimum absolute atomic E-state index is 0.0159. The highest BCUT2D eigenvalue weighted by Gasteiger charge is 2.16. The molecule has 3 aromatic rings. The molecule has 11 heteroatoms. The number of oxime groups is 1. The summed E-state index contributed by atoms with van der Waals surface area (Å²) in [5.41, 5.74) is 1.55. The Labute approximate surface area is 215 Å². The van der Waals surface area contributed by atoms with Crippen molar-refractivity contribution in [1.29, 1.82) is 0 Å².